The van der Waals surface area contributed by atoms with Crippen molar-refractivity contribution in [3.63, 3.8) is 0 Å². The summed E-state index contributed by atoms with van der Waals surface area (Å²) in [4.78, 5) is 55.6. The molecule has 14 nitrogen and oxygen atoms in total. The normalized spacial score (nSPS) is 12.7. The maximum atomic E-state index is 13.2. The summed E-state index contributed by atoms with van der Waals surface area (Å²) in [7, 11) is 0. The monoisotopic (exact) mass is 579 g/mol. The molecule has 0 aliphatic rings. The summed E-state index contributed by atoms with van der Waals surface area (Å²) >= 11 is 0. The van der Waals surface area contributed by atoms with Crippen molar-refractivity contribution in [2.24, 2.45) is 22.2 Å². The van der Waals surface area contributed by atoms with Gasteiger partial charge in [-0.25, -0.2) is 14.4 Å². The zero-order valence-corrected chi connectivity index (χ0v) is 24.4. The van der Waals surface area contributed by atoms with Crippen molar-refractivity contribution in [3.8, 4) is 0 Å². The molecule has 0 spiro atoms. The molecule has 41 heavy (non-hydrogen) atoms. The third kappa shape index (κ3) is 14.1. The molecule has 0 aliphatic heterocycles. The van der Waals surface area contributed by atoms with Crippen LogP contribution in [0.3, 0.4) is 0 Å². The van der Waals surface area contributed by atoms with Crippen LogP contribution in [0.5, 0.6) is 0 Å². The van der Waals surface area contributed by atoms with Crippen LogP contribution in [-0.2, 0) is 25.4 Å². The predicted molar refractivity (Wildman–Crippen MR) is 154 cm³/mol. The summed E-state index contributed by atoms with van der Waals surface area (Å²) in [5.41, 5.74) is 16.8. The molecule has 1 aromatic carbocycles. The number of guanidine groups is 1. The zero-order valence-electron chi connectivity index (χ0n) is 24.4. The number of nitrogens with zero attached hydrogens (tertiary/aromatic N) is 3. The Labute approximate surface area is 241 Å². The van der Waals surface area contributed by atoms with E-state index in [9.17, 15) is 19.2 Å². The van der Waals surface area contributed by atoms with Crippen molar-refractivity contribution >= 4 is 30.1 Å². The molecule has 0 bridgehead atoms. The molecule has 7 N–H and O–H groups in total. The van der Waals surface area contributed by atoms with Crippen LogP contribution < -0.4 is 22.5 Å². The van der Waals surface area contributed by atoms with Crippen molar-refractivity contribution < 1.29 is 33.4 Å². The number of nitrogens with one attached hydrogen (secondary N) is 1. The number of nitrogens with two attached hydrogens (primary N) is 3. The molecule has 1 rings (SSSR count). The fourth-order valence-electron chi connectivity index (χ4n) is 4.16. The van der Waals surface area contributed by atoms with E-state index in [0.717, 1.165) is 5.56 Å². The molecule has 0 heterocycles. The van der Waals surface area contributed by atoms with Crippen LogP contribution in [-0.4, -0.2) is 97.5 Å². The summed E-state index contributed by atoms with van der Waals surface area (Å²) < 4.78 is 16.0. The topological polar surface area (TPSA) is 205 Å². The van der Waals surface area contributed by atoms with E-state index in [1.807, 2.05) is 30.3 Å². The molecule has 0 aromatic heterocycles. The lowest BCUT2D eigenvalue weighted by Gasteiger charge is -2.32. The molecule has 0 radical (unpaired) electrons. The molecule has 1 aromatic rings. The highest BCUT2D eigenvalue weighted by Gasteiger charge is 2.28. The van der Waals surface area contributed by atoms with E-state index in [1.54, 1.807) is 20.8 Å². The van der Waals surface area contributed by atoms with Crippen molar-refractivity contribution in [3.05, 3.63) is 35.9 Å². The Bertz CT molecular complexity index is 989. The maximum Gasteiger partial charge on any atom is 0.410 e. The first-order chi connectivity index (χ1) is 19.5. The molecule has 0 saturated heterocycles. The Hall–Kier alpha value is -4.23. The number of ether oxygens (including phenoxy) is 3. The average molecular weight is 580 g/mol. The van der Waals surface area contributed by atoms with Crippen LogP contribution in [0.2, 0.25) is 0 Å². The highest BCUT2D eigenvalue weighted by Crippen LogP contribution is 2.13. The van der Waals surface area contributed by atoms with Crippen molar-refractivity contribution in [1.29, 1.82) is 0 Å². The summed E-state index contributed by atoms with van der Waals surface area (Å²) in [5.74, 6) is -0.289. The van der Waals surface area contributed by atoms with E-state index in [4.69, 9.17) is 31.4 Å². The van der Waals surface area contributed by atoms with Crippen LogP contribution in [0.15, 0.2) is 35.3 Å². The third-order valence-electron chi connectivity index (χ3n) is 6.12. The second-order valence-corrected chi connectivity index (χ2v) is 9.39. The molecular weight excluding hydrogens is 534 g/mol. The maximum absolute atomic E-state index is 13.2. The number of benzene rings is 1. The molecule has 4 amide bonds. The Morgan fingerprint density at radius 2 is 1.51 bits per heavy atom. The number of carbonyl (C=O) groups is 4. The van der Waals surface area contributed by atoms with Crippen molar-refractivity contribution in [1.82, 2.24) is 15.1 Å². The Balaban J connectivity index is 2.94. The fraction of sp³-hybridized carbons (Fsp3) is 0.593. The molecule has 0 saturated carbocycles. The lowest BCUT2D eigenvalue weighted by Crippen LogP contribution is -2.47. The second kappa shape index (κ2) is 19.0. The van der Waals surface area contributed by atoms with Gasteiger partial charge in [-0.05, 0) is 45.6 Å². The number of likely N-dealkylation sites (N-methyl/N-ethyl adjacent to an activating group) is 2. The van der Waals surface area contributed by atoms with E-state index in [2.05, 4.69) is 10.3 Å². The minimum Gasteiger partial charge on any atom is -0.448 e. The van der Waals surface area contributed by atoms with E-state index in [0.29, 0.717) is 32.4 Å². The van der Waals surface area contributed by atoms with Crippen LogP contribution >= 0.6 is 0 Å². The van der Waals surface area contributed by atoms with Gasteiger partial charge < -0.3 is 46.5 Å². The standard InChI is InChI=1S/C27H45N7O7/c1-5-33(19(3)16-39-25(30)36)26(37)41-18-23(13-10-14-31-24(28)29)34(6-2)27(38)40-17-22(32-20(4)35)15-21-11-8-7-9-12-21/h7-9,11-12,19,22-23H,5-6,10,13-18H2,1-4H3,(H2,30,36)(H,32,35)(H4,28,29,31)/t19-,22-,23-/m0/s1. The number of amides is 4. The molecule has 230 valence electrons. The SMILES string of the molecule is CCN(C(=O)OC[C@H](Cc1ccccc1)NC(C)=O)[C@@H](CCCN=C(N)N)COC(=O)N(CC)[C@@H](C)COC(N)=O. The first kappa shape index (κ1) is 34.8. The lowest BCUT2D eigenvalue weighted by atomic mass is 10.1. The minimum absolute atomic E-state index is 0.0482. The second-order valence-electron chi connectivity index (χ2n) is 9.39. The van der Waals surface area contributed by atoms with Gasteiger partial charge in [0.05, 0.1) is 18.1 Å². The molecule has 0 aliphatic carbocycles. The predicted octanol–water partition coefficient (Wildman–Crippen LogP) is 1.56. The minimum atomic E-state index is -0.941. The molecule has 0 fully saturated rings. The van der Waals surface area contributed by atoms with Gasteiger partial charge in [0.1, 0.15) is 19.8 Å². The van der Waals surface area contributed by atoms with Gasteiger partial charge in [0.2, 0.25) is 5.91 Å². The van der Waals surface area contributed by atoms with Crippen LogP contribution in [0, 0.1) is 0 Å². The number of hydrogen-bond acceptors (Lipinski definition) is 8. The largest absolute Gasteiger partial charge is 0.448 e. The number of aliphatic imine (C=N–C) groups is 1. The highest BCUT2D eigenvalue weighted by atomic mass is 16.6. The lowest BCUT2D eigenvalue weighted by molar-refractivity contribution is -0.120. The molecule has 3 atom stereocenters. The third-order valence-corrected chi connectivity index (χ3v) is 6.12. The summed E-state index contributed by atoms with van der Waals surface area (Å²) in [6, 6.07) is 8.07. The van der Waals surface area contributed by atoms with E-state index < -0.39 is 36.4 Å². The molecular formula is C27H45N7O7. The van der Waals surface area contributed by atoms with Gasteiger partial charge in [-0.2, -0.15) is 0 Å². The molecule has 14 heteroatoms. The quantitative estimate of drug-likeness (QED) is 0.0913. The average Bonchev–Trinajstić information content (AvgIpc) is 2.92. The smallest absolute Gasteiger partial charge is 0.410 e. The number of hydrogen-bond donors (Lipinski definition) is 4. The van der Waals surface area contributed by atoms with Crippen molar-refractivity contribution in [2.75, 3.05) is 39.5 Å². The Morgan fingerprint density at radius 3 is 2.07 bits per heavy atom. The number of carbonyl (C=O) groups excluding carboxylic acids is 4. The van der Waals surface area contributed by atoms with Crippen LogP contribution in [0.1, 0.15) is 46.1 Å². The van der Waals surface area contributed by atoms with Gasteiger partial charge in [-0.3, -0.25) is 9.79 Å². The van der Waals surface area contributed by atoms with Gasteiger partial charge in [0.25, 0.3) is 0 Å². The van der Waals surface area contributed by atoms with Crippen LogP contribution in [0.4, 0.5) is 14.4 Å². The van der Waals surface area contributed by atoms with Gasteiger partial charge >= 0.3 is 18.3 Å². The van der Waals surface area contributed by atoms with Crippen LogP contribution in [0.25, 0.3) is 0 Å². The highest BCUT2D eigenvalue weighted by molar-refractivity contribution is 5.75. The van der Waals surface area contributed by atoms with E-state index >= 15 is 0 Å². The summed E-state index contributed by atoms with van der Waals surface area (Å²) in [6.45, 7) is 7.25. The first-order valence-corrected chi connectivity index (χ1v) is 13.6. The number of rotatable bonds is 17. The fourth-order valence-corrected chi connectivity index (χ4v) is 4.16. The van der Waals surface area contributed by atoms with E-state index in [-0.39, 0.29) is 38.2 Å². The number of primary amides is 1. The van der Waals surface area contributed by atoms with E-state index in [1.165, 1.54) is 16.7 Å². The summed E-state index contributed by atoms with van der Waals surface area (Å²) in [6.07, 6.45) is -0.798. The zero-order chi connectivity index (χ0) is 30.8. The Morgan fingerprint density at radius 1 is 0.902 bits per heavy atom. The van der Waals surface area contributed by atoms with Crippen molar-refractivity contribution in [2.45, 2.75) is 65.1 Å². The van der Waals surface area contributed by atoms with Gasteiger partial charge in [-0.1, -0.05) is 30.3 Å². The van der Waals surface area contributed by atoms with Gasteiger partial charge in [0.15, 0.2) is 5.96 Å². The summed E-state index contributed by atoms with van der Waals surface area (Å²) in [5, 5.41) is 2.82. The Kier molecular flexibility index (Phi) is 16.1. The van der Waals surface area contributed by atoms with Gasteiger partial charge in [0, 0.05) is 26.6 Å². The first-order valence-electron chi connectivity index (χ1n) is 13.6. The molecule has 0 unspecified atom stereocenters. The van der Waals surface area contributed by atoms with Gasteiger partial charge in [-0.15, -0.1) is 0 Å².